The predicted octanol–water partition coefficient (Wildman–Crippen LogP) is 2.43. The number of hydrogen-bond acceptors (Lipinski definition) is 4. The quantitative estimate of drug-likeness (QED) is 0.804. The molecular weight excluding hydrogens is 276 g/mol. The number of benzene rings is 2. The summed E-state index contributed by atoms with van der Waals surface area (Å²) in [7, 11) is 1.87. The van der Waals surface area contributed by atoms with E-state index in [9.17, 15) is 4.79 Å². The van der Waals surface area contributed by atoms with Gasteiger partial charge in [0.05, 0.1) is 22.5 Å². The lowest BCUT2D eigenvalue weighted by Gasteiger charge is -2.18. The van der Waals surface area contributed by atoms with E-state index in [1.165, 1.54) is 0 Å². The molecule has 0 unspecified atom stereocenters. The Morgan fingerprint density at radius 2 is 1.91 bits per heavy atom. The summed E-state index contributed by atoms with van der Waals surface area (Å²) in [6, 6.07) is 16.7. The lowest BCUT2D eigenvalue weighted by Crippen LogP contribution is -2.22. The van der Waals surface area contributed by atoms with Crippen LogP contribution in [0.2, 0.25) is 0 Å². The zero-order chi connectivity index (χ0) is 15.5. The van der Waals surface area contributed by atoms with Crippen molar-refractivity contribution in [3.63, 3.8) is 0 Å². The van der Waals surface area contributed by atoms with Crippen LogP contribution in [-0.4, -0.2) is 17.0 Å². The Bertz CT molecular complexity index is 906. The lowest BCUT2D eigenvalue weighted by molar-refractivity contribution is 0.868. The van der Waals surface area contributed by atoms with Crippen molar-refractivity contribution in [3.8, 4) is 6.07 Å². The second-order valence-electron chi connectivity index (χ2n) is 5.07. The van der Waals surface area contributed by atoms with Crippen LogP contribution in [0, 0.1) is 11.3 Å². The summed E-state index contributed by atoms with van der Waals surface area (Å²) in [6.07, 6.45) is 0. The van der Waals surface area contributed by atoms with Crippen LogP contribution in [0.25, 0.3) is 10.9 Å². The first-order valence-electron chi connectivity index (χ1n) is 6.86. The van der Waals surface area contributed by atoms with Gasteiger partial charge in [-0.3, -0.25) is 9.78 Å². The highest BCUT2D eigenvalue weighted by Gasteiger charge is 2.08. The van der Waals surface area contributed by atoms with Crippen molar-refractivity contribution in [1.82, 2.24) is 9.97 Å². The van der Waals surface area contributed by atoms with Crippen LogP contribution in [0.4, 0.5) is 5.95 Å². The second-order valence-corrected chi connectivity index (χ2v) is 5.07. The maximum atomic E-state index is 12.1. The molecule has 0 aliphatic heterocycles. The highest BCUT2D eigenvalue weighted by molar-refractivity contribution is 5.78. The number of anilines is 1. The molecule has 22 heavy (non-hydrogen) atoms. The number of nitriles is 1. The number of rotatable bonds is 3. The normalized spacial score (nSPS) is 10.4. The van der Waals surface area contributed by atoms with E-state index in [1.807, 2.05) is 42.3 Å². The van der Waals surface area contributed by atoms with Gasteiger partial charge in [-0.1, -0.05) is 24.3 Å². The number of hydrogen-bond donors (Lipinski definition) is 1. The Kier molecular flexibility index (Phi) is 3.58. The smallest absolute Gasteiger partial charge is 0.260 e. The van der Waals surface area contributed by atoms with E-state index in [-0.39, 0.29) is 5.56 Å². The molecule has 0 spiro atoms. The minimum atomic E-state index is -0.146. The van der Waals surface area contributed by atoms with Crippen LogP contribution >= 0.6 is 0 Å². The van der Waals surface area contributed by atoms with E-state index in [1.54, 1.807) is 18.2 Å². The molecule has 2 aromatic carbocycles. The summed E-state index contributed by atoms with van der Waals surface area (Å²) in [6.45, 7) is 0.590. The molecule has 0 saturated carbocycles. The molecule has 1 heterocycles. The molecule has 0 fully saturated rings. The first-order chi connectivity index (χ1) is 10.7. The van der Waals surface area contributed by atoms with Gasteiger partial charge < -0.3 is 4.90 Å². The van der Waals surface area contributed by atoms with Crippen molar-refractivity contribution >= 4 is 16.9 Å². The van der Waals surface area contributed by atoms with Gasteiger partial charge in [0.15, 0.2) is 0 Å². The van der Waals surface area contributed by atoms with Gasteiger partial charge in [0.2, 0.25) is 5.95 Å². The Morgan fingerprint density at radius 3 is 2.64 bits per heavy atom. The number of nitrogens with zero attached hydrogens (tertiary/aromatic N) is 3. The van der Waals surface area contributed by atoms with E-state index < -0.39 is 0 Å². The average molecular weight is 290 g/mol. The monoisotopic (exact) mass is 290 g/mol. The van der Waals surface area contributed by atoms with Crippen molar-refractivity contribution in [1.29, 1.82) is 5.26 Å². The maximum absolute atomic E-state index is 12.1. The summed E-state index contributed by atoms with van der Waals surface area (Å²) in [4.78, 5) is 21.2. The van der Waals surface area contributed by atoms with Gasteiger partial charge in [-0.15, -0.1) is 0 Å². The summed E-state index contributed by atoms with van der Waals surface area (Å²) in [5.74, 6) is 0.521. The Balaban J connectivity index is 1.90. The molecule has 0 saturated heterocycles. The number of nitrogens with one attached hydrogen (secondary N) is 1. The molecule has 1 N–H and O–H groups in total. The molecule has 1 aromatic heterocycles. The lowest BCUT2D eigenvalue weighted by atomic mass is 10.1. The predicted molar refractivity (Wildman–Crippen MR) is 85.6 cm³/mol. The Morgan fingerprint density at radius 1 is 1.18 bits per heavy atom. The summed E-state index contributed by atoms with van der Waals surface area (Å²) in [5, 5.41) is 9.39. The maximum Gasteiger partial charge on any atom is 0.260 e. The van der Waals surface area contributed by atoms with Crippen LogP contribution in [0.1, 0.15) is 11.1 Å². The first kappa shape index (κ1) is 13.8. The average Bonchev–Trinajstić information content (AvgIpc) is 2.55. The van der Waals surface area contributed by atoms with Gasteiger partial charge in [0.25, 0.3) is 5.56 Å². The summed E-state index contributed by atoms with van der Waals surface area (Å²) < 4.78 is 0. The number of aromatic amines is 1. The largest absolute Gasteiger partial charge is 0.341 e. The summed E-state index contributed by atoms with van der Waals surface area (Å²) >= 11 is 0. The zero-order valence-corrected chi connectivity index (χ0v) is 12.1. The van der Waals surface area contributed by atoms with Crippen LogP contribution < -0.4 is 10.5 Å². The molecule has 5 nitrogen and oxygen atoms in total. The Hall–Kier alpha value is -3.13. The topological polar surface area (TPSA) is 72.8 Å². The molecule has 0 aliphatic rings. The number of para-hydroxylation sites is 1. The number of H-pyrrole nitrogens is 1. The minimum absolute atomic E-state index is 0.146. The van der Waals surface area contributed by atoms with Crippen LogP contribution in [0.5, 0.6) is 0 Å². The number of aromatic nitrogens is 2. The van der Waals surface area contributed by atoms with Gasteiger partial charge in [0.1, 0.15) is 0 Å². The van der Waals surface area contributed by atoms with Crippen molar-refractivity contribution in [2.75, 3.05) is 11.9 Å². The van der Waals surface area contributed by atoms with Gasteiger partial charge in [0, 0.05) is 13.6 Å². The molecule has 3 rings (SSSR count). The zero-order valence-electron chi connectivity index (χ0n) is 12.1. The van der Waals surface area contributed by atoms with Crippen LogP contribution in [-0.2, 0) is 6.54 Å². The highest BCUT2D eigenvalue weighted by Crippen LogP contribution is 2.13. The van der Waals surface area contributed by atoms with Gasteiger partial charge in [-0.2, -0.15) is 5.26 Å². The molecule has 0 aliphatic carbocycles. The molecule has 0 amide bonds. The van der Waals surface area contributed by atoms with Crippen molar-refractivity contribution < 1.29 is 0 Å². The van der Waals surface area contributed by atoms with Gasteiger partial charge in [-0.05, 0) is 29.8 Å². The van der Waals surface area contributed by atoms with Crippen molar-refractivity contribution in [2.24, 2.45) is 0 Å². The SMILES string of the molecule is CN(Cc1ccc(C#N)cc1)c1nc2ccccc2c(=O)[nH]1. The van der Waals surface area contributed by atoms with Crippen LogP contribution in [0.15, 0.2) is 53.3 Å². The van der Waals surface area contributed by atoms with E-state index in [2.05, 4.69) is 16.0 Å². The highest BCUT2D eigenvalue weighted by atomic mass is 16.1. The van der Waals surface area contributed by atoms with Gasteiger partial charge in [-0.25, -0.2) is 4.98 Å². The molecule has 0 atom stereocenters. The number of fused-ring (bicyclic) bond motifs is 1. The molecule has 3 aromatic rings. The van der Waals surface area contributed by atoms with E-state index in [0.717, 1.165) is 5.56 Å². The third kappa shape index (κ3) is 2.67. The molecule has 5 heteroatoms. The molecule has 108 valence electrons. The standard InChI is InChI=1S/C17H14N4O/c1-21(11-13-8-6-12(10-18)7-9-13)17-19-15-5-3-2-4-14(15)16(22)20-17/h2-9H,11H2,1H3,(H,19,20,22). The minimum Gasteiger partial charge on any atom is -0.341 e. The Labute approximate surface area is 127 Å². The van der Waals surface area contributed by atoms with Gasteiger partial charge >= 0.3 is 0 Å². The first-order valence-corrected chi connectivity index (χ1v) is 6.86. The van der Waals surface area contributed by atoms with Crippen molar-refractivity contribution in [3.05, 3.63) is 70.0 Å². The summed E-state index contributed by atoms with van der Waals surface area (Å²) in [5.41, 5.74) is 2.20. The molecule has 0 bridgehead atoms. The molecular formula is C17H14N4O. The van der Waals surface area contributed by atoms with E-state index in [0.29, 0.717) is 29.0 Å². The van der Waals surface area contributed by atoms with E-state index in [4.69, 9.17) is 5.26 Å². The van der Waals surface area contributed by atoms with Crippen LogP contribution in [0.3, 0.4) is 0 Å². The van der Waals surface area contributed by atoms with Crippen molar-refractivity contribution in [2.45, 2.75) is 6.54 Å². The fourth-order valence-electron chi connectivity index (χ4n) is 2.29. The molecule has 0 radical (unpaired) electrons. The third-order valence-electron chi connectivity index (χ3n) is 3.46. The van der Waals surface area contributed by atoms with E-state index >= 15 is 0 Å². The second kappa shape index (κ2) is 5.70. The third-order valence-corrected chi connectivity index (χ3v) is 3.46. The fourth-order valence-corrected chi connectivity index (χ4v) is 2.29. The fraction of sp³-hybridized carbons (Fsp3) is 0.118.